The molecular weight excluding hydrogens is 258 g/mol. The average Bonchev–Trinajstić information content (AvgIpc) is 2.33. The van der Waals surface area contributed by atoms with Gasteiger partial charge in [0.15, 0.2) is 0 Å². The number of amides is 1. The lowest BCUT2D eigenvalue weighted by Gasteiger charge is -2.37. The second kappa shape index (κ2) is 6.77. The molecule has 2 atom stereocenters. The third kappa shape index (κ3) is 4.87. The fourth-order valence-electron chi connectivity index (χ4n) is 2.35. The van der Waals surface area contributed by atoms with Crippen LogP contribution in [0.2, 0.25) is 0 Å². The predicted molar refractivity (Wildman–Crippen MR) is 76.5 cm³/mol. The highest BCUT2D eigenvalue weighted by Crippen LogP contribution is 2.27. The third-order valence-corrected chi connectivity index (χ3v) is 3.33. The van der Waals surface area contributed by atoms with Gasteiger partial charge in [-0.2, -0.15) is 0 Å². The number of nitrogens with zero attached hydrogens (tertiary/aromatic N) is 1. The van der Waals surface area contributed by atoms with Gasteiger partial charge in [-0.1, -0.05) is 12.2 Å². The number of carboxylic acid groups (broad SMARTS) is 1. The van der Waals surface area contributed by atoms with Crippen LogP contribution in [0, 0.1) is 5.92 Å². The molecule has 0 aliphatic carbocycles. The lowest BCUT2D eigenvalue weighted by molar-refractivity contribution is -0.145. The monoisotopic (exact) mass is 283 g/mol. The zero-order chi connectivity index (χ0) is 15.3. The molecule has 0 spiro atoms. The molecule has 1 saturated heterocycles. The lowest BCUT2D eigenvalue weighted by Crippen LogP contribution is -2.51. The predicted octanol–water partition coefficient (Wildman–Crippen LogP) is 3.05. The van der Waals surface area contributed by atoms with Crippen LogP contribution in [0.5, 0.6) is 0 Å². The SMILES string of the molecule is C/C=C/C[C@@H]1CCN(C(=O)OC(C)(C)C)[C@H](C(=O)O)C1. The van der Waals surface area contributed by atoms with Gasteiger partial charge in [0.2, 0.25) is 0 Å². The van der Waals surface area contributed by atoms with Crippen molar-refractivity contribution in [3.8, 4) is 0 Å². The molecule has 5 heteroatoms. The molecule has 1 aliphatic heterocycles. The van der Waals surface area contributed by atoms with E-state index in [2.05, 4.69) is 0 Å². The van der Waals surface area contributed by atoms with Crippen LogP contribution in [0.25, 0.3) is 0 Å². The molecule has 0 radical (unpaired) electrons. The molecule has 0 aromatic rings. The van der Waals surface area contributed by atoms with E-state index in [9.17, 15) is 14.7 Å². The second-order valence-electron chi connectivity index (χ2n) is 6.22. The van der Waals surface area contributed by atoms with Crippen molar-refractivity contribution >= 4 is 12.1 Å². The first-order valence-corrected chi connectivity index (χ1v) is 7.08. The fourth-order valence-corrected chi connectivity index (χ4v) is 2.35. The molecule has 0 bridgehead atoms. The summed E-state index contributed by atoms with van der Waals surface area (Å²) in [5.74, 6) is -0.646. The van der Waals surface area contributed by atoms with Gasteiger partial charge in [0, 0.05) is 6.54 Å². The molecule has 1 fully saturated rings. The Bertz CT molecular complexity index is 384. The van der Waals surface area contributed by atoms with Gasteiger partial charge in [-0.05, 0) is 52.9 Å². The van der Waals surface area contributed by atoms with Gasteiger partial charge in [0.05, 0.1) is 0 Å². The summed E-state index contributed by atoms with van der Waals surface area (Å²) < 4.78 is 5.28. The van der Waals surface area contributed by atoms with Crippen LogP contribution in [0.4, 0.5) is 4.79 Å². The molecule has 1 N–H and O–H groups in total. The summed E-state index contributed by atoms with van der Waals surface area (Å²) in [5.41, 5.74) is -0.609. The number of carboxylic acids is 1. The normalized spacial score (nSPS) is 23.9. The second-order valence-corrected chi connectivity index (χ2v) is 6.22. The molecule has 5 nitrogen and oxygen atoms in total. The number of piperidine rings is 1. The Morgan fingerprint density at radius 2 is 2.05 bits per heavy atom. The minimum absolute atomic E-state index is 0.311. The van der Waals surface area contributed by atoms with E-state index in [-0.39, 0.29) is 0 Å². The number of rotatable bonds is 3. The first-order chi connectivity index (χ1) is 9.24. The molecule has 1 amide bonds. The van der Waals surface area contributed by atoms with Gasteiger partial charge in [0.1, 0.15) is 11.6 Å². The molecule has 0 aromatic heterocycles. The van der Waals surface area contributed by atoms with Gasteiger partial charge in [-0.3, -0.25) is 4.90 Å². The molecule has 114 valence electrons. The van der Waals surface area contributed by atoms with Crippen molar-refractivity contribution < 1.29 is 19.4 Å². The highest BCUT2D eigenvalue weighted by atomic mass is 16.6. The fraction of sp³-hybridized carbons (Fsp3) is 0.733. The maximum absolute atomic E-state index is 12.1. The van der Waals surface area contributed by atoms with E-state index in [0.717, 1.165) is 12.8 Å². The molecule has 1 aliphatic rings. The zero-order valence-corrected chi connectivity index (χ0v) is 12.8. The van der Waals surface area contributed by atoms with Gasteiger partial charge in [-0.15, -0.1) is 0 Å². The summed E-state index contributed by atoms with van der Waals surface area (Å²) in [4.78, 5) is 24.8. The van der Waals surface area contributed by atoms with Crippen molar-refractivity contribution in [1.29, 1.82) is 0 Å². The van der Waals surface area contributed by atoms with Crippen LogP contribution in [0.3, 0.4) is 0 Å². The number of carbonyl (C=O) groups excluding carboxylic acids is 1. The highest BCUT2D eigenvalue weighted by molar-refractivity contribution is 5.80. The zero-order valence-electron chi connectivity index (χ0n) is 12.8. The minimum atomic E-state index is -0.957. The van der Waals surface area contributed by atoms with Gasteiger partial charge >= 0.3 is 12.1 Å². The smallest absolute Gasteiger partial charge is 0.411 e. The van der Waals surface area contributed by atoms with Crippen molar-refractivity contribution in [3.63, 3.8) is 0 Å². The highest BCUT2D eigenvalue weighted by Gasteiger charge is 2.37. The third-order valence-electron chi connectivity index (χ3n) is 3.33. The number of hydrogen-bond donors (Lipinski definition) is 1. The quantitative estimate of drug-likeness (QED) is 0.808. The molecule has 0 unspecified atom stereocenters. The van der Waals surface area contributed by atoms with Crippen LogP contribution >= 0.6 is 0 Å². The average molecular weight is 283 g/mol. The lowest BCUT2D eigenvalue weighted by atomic mass is 9.88. The van der Waals surface area contributed by atoms with E-state index in [1.807, 2.05) is 19.1 Å². The molecule has 0 aromatic carbocycles. The van der Waals surface area contributed by atoms with Crippen molar-refractivity contribution in [2.45, 2.75) is 58.6 Å². The summed E-state index contributed by atoms with van der Waals surface area (Å²) in [7, 11) is 0. The largest absolute Gasteiger partial charge is 0.480 e. The number of carbonyl (C=O) groups is 2. The van der Waals surface area contributed by atoms with Crippen molar-refractivity contribution in [2.24, 2.45) is 5.92 Å². The summed E-state index contributed by atoms with van der Waals surface area (Å²) in [6, 6.07) is -0.783. The Balaban J connectivity index is 2.72. The Labute approximate surface area is 120 Å². The molecule has 1 heterocycles. The van der Waals surface area contributed by atoms with Crippen molar-refractivity contribution in [3.05, 3.63) is 12.2 Å². The van der Waals surface area contributed by atoms with Crippen LogP contribution in [0.15, 0.2) is 12.2 Å². The number of aliphatic carboxylic acids is 1. The molecule has 0 saturated carbocycles. The van der Waals surface area contributed by atoms with Crippen LogP contribution in [-0.2, 0) is 9.53 Å². The van der Waals surface area contributed by atoms with Crippen LogP contribution in [0.1, 0.15) is 47.0 Å². The van der Waals surface area contributed by atoms with Crippen molar-refractivity contribution in [1.82, 2.24) is 4.90 Å². The van der Waals surface area contributed by atoms with Gasteiger partial charge in [0.25, 0.3) is 0 Å². The van der Waals surface area contributed by atoms with E-state index < -0.39 is 23.7 Å². The van der Waals surface area contributed by atoms with E-state index in [1.54, 1.807) is 20.8 Å². The summed E-state index contributed by atoms with van der Waals surface area (Å²) in [6.07, 6.45) is 5.65. The van der Waals surface area contributed by atoms with Crippen LogP contribution < -0.4 is 0 Å². The summed E-state index contributed by atoms with van der Waals surface area (Å²) in [5, 5.41) is 9.33. The van der Waals surface area contributed by atoms with E-state index in [0.29, 0.717) is 18.9 Å². The Hall–Kier alpha value is -1.52. The number of ether oxygens (including phenoxy) is 1. The van der Waals surface area contributed by atoms with Gasteiger partial charge < -0.3 is 9.84 Å². The van der Waals surface area contributed by atoms with E-state index in [1.165, 1.54) is 4.90 Å². The topological polar surface area (TPSA) is 66.8 Å². The first-order valence-electron chi connectivity index (χ1n) is 7.08. The van der Waals surface area contributed by atoms with Crippen molar-refractivity contribution in [2.75, 3.05) is 6.54 Å². The first kappa shape index (κ1) is 16.5. The summed E-state index contributed by atoms with van der Waals surface area (Å²) >= 11 is 0. The van der Waals surface area contributed by atoms with Gasteiger partial charge in [-0.25, -0.2) is 9.59 Å². The van der Waals surface area contributed by atoms with Crippen LogP contribution in [-0.4, -0.2) is 40.3 Å². The molecule has 1 rings (SSSR count). The molecule has 20 heavy (non-hydrogen) atoms. The van der Waals surface area contributed by atoms with E-state index in [4.69, 9.17) is 4.74 Å². The Morgan fingerprint density at radius 1 is 1.40 bits per heavy atom. The number of hydrogen-bond acceptors (Lipinski definition) is 3. The summed E-state index contributed by atoms with van der Waals surface area (Å²) in [6.45, 7) is 7.72. The number of allylic oxidation sites excluding steroid dienone is 2. The maximum Gasteiger partial charge on any atom is 0.411 e. The Kier molecular flexibility index (Phi) is 5.60. The van der Waals surface area contributed by atoms with E-state index >= 15 is 0 Å². The number of likely N-dealkylation sites (tertiary alicyclic amines) is 1. The molecular formula is C15H25NO4. The minimum Gasteiger partial charge on any atom is -0.480 e. The standard InChI is InChI=1S/C15H25NO4/c1-5-6-7-11-8-9-16(12(10-11)13(17)18)14(19)20-15(2,3)4/h5-6,11-12H,7-10H2,1-4H3,(H,17,18)/b6-5+/t11-,12+/m1/s1. The Morgan fingerprint density at radius 3 is 2.55 bits per heavy atom. The maximum atomic E-state index is 12.1.